The third-order valence-corrected chi connectivity index (χ3v) is 6.24. The number of hydrogen-bond acceptors (Lipinski definition) is 4. The molecule has 6 heteroatoms. The van der Waals surface area contributed by atoms with E-state index >= 15 is 0 Å². The molecule has 2 aromatic rings. The van der Waals surface area contributed by atoms with Crippen molar-refractivity contribution in [2.75, 3.05) is 11.9 Å². The highest BCUT2D eigenvalue weighted by Crippen LogP contribution is 2.53. The first-order valence-electron chi connectivity index (χ1n) is 9.84. The summed E-state index contributed by atoms with van der Waals surface area (Å²) in [4.78, 5) is 38.0. The number of rotatable bonds is 6. The molecule has 0 aliphatic heterocycles. The normalized spacial score (nSPS) is 24.9. The second-order valence-electron chi connectivity index (χ2n) is 7.78. The van der Waals surface area contributed by atoms with Crippen molar-refractivity contribution in [3.63, 3.8) is 0 Å². The third-order valence-electron chi connectivity index (χ3n) is 6.00. The number of benzene rings is 2. The lowest BCUT2D eigenvalue weighted by atomic mass is 9.75. The van der Waals surface area contributed by atoms with Gasteiger partial charge in [-0.1, -0.05) is 48.0 Å². The summed E-state index contributed by atoms with van der Waals surface area (Å²) >= 11 is 5.91. The van der Waals surface area contributed by atoms with Gasteiger partial charge in [-0.3, -0.25) is 14.4 Å². The van der Waals surface area contributed by atoms with Crippen LogP contribution in [-0.2, 0) is 14.3 Å². The number of ether oxygens (including phenoxy) is 1. The van der Waals surface area contributed by atoms with Gasteiger partial charge in [0, 0.05) is 22.2 Å². The predicted molar refractivity (Wildman–Crippen MR) is 110 cm³/mol. The Morgan fingerprint density at radius 1 is 0.966 bits per heavy atom. The van der Waals surface area contributed by atoms with E-state index in [9.17, 15) is 14.4 Å². The molecule has 4 rings (SSSR count). The summed E-state index contributed by atoms with van der Waals surface area (Å²) in [6.07, 6.45) is 2.77. The Hall–Kier alpha value is -2.66. The van der Waals surface area contributed by atoms with Crippen LogP contribution in [0, 0.1) is 23.7 Å². The summed E-state index contributed by atoms with van der Waals surface area (Å²) in [5.74, 6) is -1.35. The zero-order valence-electron chi connectivity index (χ0n) is 15.8. The zero-order chi connectivity index (χ0) is 20.4. The quantitative estimate of drug-likeness (QED) is 0.566. The van der Waals surface area contributed by atoms with Gasteiger partial charge in [0.25, 0.3) is 5.91 Å². The lowest BCUT2D eigenvalue weighted by molar-refractivity contribution is -0.154. The highest BCUT2D eigenvalue weighted by molar-refractivity contribution is 6.30. The van der Waals surface area contributed by atoms with Crippen LogP contribution >= 0.6 is 11.6 Å². The van der Waals surface area contributed by atoms with Crippen molar-refractivity contribution in [1.82, 2.24) is 0 Å². The van der Waals surface area contributed by atoms with Gasteiger partial charge in [0.05, 0.1) is 5.92 Å². The standard InChI is InChI=1S/C23H22ClNO4/c24-17-7-4-8-18(12-17)25-19(26)13-29-23(28)21-16-10-9-15(11-16)20(21)22(27)14-5-2-1-3-6-14/h1-8,12,15-16,20-21H,9-11,13H2,(H,25,26)/t15-,16-,20-,21-/m0/s1. The first-order chi connectivity index (χ1) is 14.0. The van der Waals surface area contributed by atoms with Gasteiger partial charge in [-0.05, 0) is 49.3 Å². The molecule has 150 valence electrons. The molecule has 2 bridgehead atoms. The van der Waals surface area contributed by atoms with Crippen molar-refractivity contribution in [2.24, 2.45) is 23.7 Å². The second-order valence-corrected chi connectivity index (χ2v) is 8.22. The van der Waals surface area contributed by atoms with Crippen molar-refractivity contribution in [3.8, 4) is 0 Å². The number of fused-ring (bicyclic) bond motifs is 2. The zero-order valence-corrected chi connectivity index (χ0v) is 16.6. The van der Waals surface area contributed by atoms with E-state index in [0.717, 1.165) is 19.3 Å². The number of carbonyl (C=O) groups is 3. The lowest BCUT2D eigenvalue weighted by Crippen LogP contribution is -2.37. The van der Waals surface area contributed by atoms with Crippen LogP contribution in [0.3, 0.4) is 0 Å². The number of anilines is 1. The van der Waals surface area contributed by atoms with E-state index in [0.29, 0.717) is 16.3 Å². The number of hydrogen-bond donors (Lipinski definition) is 1. The summed E-state index contributed by atoms with van der Waals surface area (Å²) in [6.45, 7) is -0.383. The van der Waals surface area contributed by atoms with Gasteiger partial charge in [-0.2, -0.15) is 0 Å². The predicted octanol–water partition coefficient (Wildman–Crippen LogP) is 4.37. The van der Waals surface area contributed by atoms with Gasteiger partial charge in [-0.15, -0.1) is 0 Å². The monoisotopic (exact) mass is 411 g/mol. The van der Waals surface area contributed by atoms with Gasteiger partial charge in [-0.25, -0.2) is 0 Å². The van der Waals surface area contributed by atoms with Gasteiger partial charge >= 0.3 is 5.97 Å². The first kappa shape index (κ1) is 19.6. The molecule has 1 N–H and O–H groups in total. The fraction of sp³-hybridized carbons (Fsp3) is 0.348. The first-order valence-corrected chi connectivity index (χ1v) is 10.2. The van der Waals surface area contributed by atoms with Crippen molar-refractivity contribution in [1.29, 1.82) is 0 Å². The highest BCUT2D eigenvalue weighted by atomic mass is 35.5. The number of Topliss-reactive ketones (excluding diaryl/α,β-unsaturated/α-hetero) is 1. The molecule has 29 heavy (non-hydrogen) atoms. The maximum atomic E-state index is 13.1. The third kappa shape index (κ3) is 4.20. The molecule has 0 heterocycles. The molecule has 0 spiro atoms. The van der Waals surface area contributed by atoms with Gasteiger partial charge < -0.3 is 10.1 Å². The van der Waals surface area contributed by atoms with Crippen LogP contribution in [0.15, 0.2) is 54.6 Å². The van der Waals surface area contributed by atoms with E-state index in [4.69, 9.17) is 16.3 Å². The number of carbonyl (C=O) groups excluding carboxylic acids is 3. The Balaban J connectivity index is 1.40. The van der Waals surface area contributed by atoms with Crippen LogP contribution in [0.5, 0.6) is 0 Å². The summed E-state index contributed by atoms with van der Waals surface area (Å²) in [5, 5.41) is 3.16. The molecule has 2 fully saturated rings. The van der Waals surface area contributed by atoms with Crippen molar-refractivity contribution in [2.45, 2.75) is 19.3 Å². The molecule has 2 aliphatic rings. The maximum absolute atomic E-state index is 13.1. The van der Waals surface area contributed by atoms with Crippen molar-refractivity contribution < 1.29 is 19.1 Å². The lowest BCUT2D eigenvalue weighted by Gasteiger charge is -2.28. The molecule has 4 atom stereocenters. The van der Waals surface area contributed by atoms with E-state index < -0.39 is 17.8 Å². The number of ketones is 1. The molecule has 0 radical (unpaired) electrons. The largest absolute Gasteiger partial charge is 0.455 e. The fourth-order valence-corrected chi connectivity index (χ4v) is 4.99. The van der Waals surface area contributed by atoms with Crippen LogP contribution in [0.25, 0.3) is 0 Å². The summed E-state index contributed by atoms with van der Waals surface area (Å²) in [7, 11) is 0. The Morgan fingerprint density at radius 2 is 1.69 bits per heavy atom. The van der Waals surface area contributed by atoms with Crippen LogP contribution < -0.4 is 5.32 Å². The van der Waals surface area contributed by atoms with Gasteiger partial charge in [0.15, 0.2) is 12.4 Å². The van der Waals surface area contributed by atoms with Crippen molar-refractivity contribution >= 4 is 34.9 Å². The number of nitrogens with one attached hydrogen (secondary N) is 1. The van der Waals surface area contributed by atoms with Crippen LogP contribution in [0.4, 0.5) is 5.69 Å². The number of amides is 1. The molecule has 0 unspecified atom stereocenters. The summed E-state index contributed by atoms with van der Waals surface area (Å²) in [6, 6.07) is 15.8. The van der Waals surface area contributed by atoms with Gasteiger partial charge in [0.1, 0.15) is 0 Å². The van der Waals surface area contributed by atoms with Gasteiger partial charge in [0.2, 0.25) is 0 Å². The molecule has 2 aliphatic carbocycles. The smallest absolute Gasteiger partial charge is 0.310 e. The fourth-order valence-electron chi connectivity index (χ4n) is 4.80. The van der Waals surface area contributed by atoms with E-state index in [2.05, 4.69) is 5.32 Å². The van der Waals surface area contributed by atoms with Crippen LogP contribution in [0.1, 0.15) is 29.6 Å². The topological polar surface area (TPSA) is 72.5 Å². The Morgan fingerprint density at radius 3 is 2.41 bits per heavy atom. The summed E-state index contributed by atoms with van der Waals surface area (Å²) in [5.41, 5.74) is 1.16. The molecule has 0 aromatic heterocycles. The number of esters is 1. The second kappa shape index (κ2) is 8.37. The Bertz CT molecular complexity index is 929. The number of halogens is 1. The van der Waals surface area contributed by atoms with E-state index in [1.165, 1.54) is 0 Å². The molecule has 2 saturated carbocycles. The van der Waals surface area contributed by atoms with Crippen LogP contribution in [-0.4, -0.2) is 24.3 Å². The molecule has 2 aromatic carbocycles. The molecule has 0 saturated heterocycles. The summed E-state index contributed by atoms with van der Waals surface area (Å²) < 4.78 is 5.32. The van der Waals surface area contributed by atoms with Crippen molar-refractivity contribution in [3.05, 3.63) is 65.2 Å². The van der Waals surface area contributed by atoms with Crippen LogP contribution in [0.2, 0.25) is 5.02 Å². The average Bonchev–Trinajstić information content (AvgIpc) is 3.34. The maximum Gasteiger partial charge on any atom is 0.310 e. The Kier molecular flexibility index (Phi) is 5.67. The Labute approximate surface area is 174 Å². The molecular weight excluding hydrogens is 390 g/mol. The van der Waals surface area contributed by atoms with E-state index in [-0.39, 0.29) is 30.1 Å². The average molecular weight is 412 g/mol. The minimum absolute atomic E-state index is 0.00290. The molecule has 5 nitrogen and oxygen atoms in total. The minimum atomic E-state index is -0.472. The molecule has 1 amide bonds. The van der Waals surface area contributed by atoms with E-state index in [1.54, 1.807) is 36.4 Å². The minimum Gasteiger partial charge on any atom is -0.455 e. The SMILES string of the molecule is O=C(COC(=O)[C@H]1[C@H]2CC[C@@H](C2)[C@@H]1C(=O)c1ccccc1)Nc1cccc(Cl)c1. The highest BCUT2D eigenvalue weighted by Gasteiger charge is 2.54. The molecular formula is C23H22ClNO4. The van der Waals surface area contributed by atoms with E-state index in [1.807, 2.05) is 18.2 Å².